The van der Waals surface area contributed by atoms with Gasteiger partial charge in [-0.25, -0.2) is 9.59 Å². The molecule has 1 heterocycles. The fourth-order valence-electron chi connectivity index (χ4n) is 1.30. The van der Waals surface area contributed by atoms with Crippen molar-refractivity contribution >= 4 is 28.5 Å². The summed E-state index contributed by atoms with van der Waals surface area (Å²) in [5.41, 5.74) is 6.01. The van der Waals surface area contributed by atoms with E-state index in [4.69, 9.17) is 10.5 Å². The number of ether oxygens (including phenoxy) is 1. The first-order chi connectivity index (χ1) is 8.56. The lowest BCUT2D eigenvalue weighted by atomic mass is 10.2. The van der Waals surface area contributed by atoms with Crippen molar-refractivity contribution in [3.05, 3.63) is 11.3 Å². The van der Waals surface area contributed by atoms with Crippen LogP contribution in [0.1, 0.15) is 23.0 Å². The normalized spacial score (nSPS) is 9.89. The van der Waals surface area contributed by atoms with Gasteiger partial charge in [0, 0.05) is 13.1 Å². The highest BCUT2D eigenvalue weighted by Gasteiger charge is 2.19. The topological polar surface area (TPSA) is 106 Å². The predicted molar refractivity (Wildman–Crippen MR) is 68.9 cm³/mol. The van der Waals surface area contributed by atoms with Crippen molar-refractivity contribution in [3.8, 4) is 0 Å². The zero-order valence-electron chi connectivity index (χ0n) is 10.3. The Labute approximate surface area is 109 Å². The van der Waals surface area contributed by atoms with Gasteiger partial charge in [-0.1, -0.05) is 0 Å². The van der Waals surface area contributed by atoms with E-state index in [2.05, 4.69) is 15.0 Å². The molecule has 100 valence electrons. The van der Waals surface area contributed by atoms with Gasteiger partial charge in [-0.15, -0.1) is 0 Å². The zero-order valence-corrected chi connectivity index (χ0v) is 11.1. The van der Waals surface area contributed by atoms with Crippen molar-refractivity contribution in [1.82, 2.24) is 9.69 Å². The molecule has 1 aromatic heterocycles. The lowest BCUT2D eigenvalue weighted by Crippen LogP contribution is -2.33. The number of esters is 1. The van der Waals surface area contributed by atoms with E-state index in [9.17, 15) is 9.59 Å². The van der Waals surface area contributed by atoms with Crippen LogP contribution in [-0.2, 0) is 4.74 Å². The Kier molecular flexibility index (Phi) is 5.37. The minimum absolute atomic E-state index is 0.316. The Hall–Kier alpha value is -1.83. The predicted octanol–water partition coefficient (Wildman–Crippen LogP) is 0.708. The molecule has 0 saturated heterocycles. The summed E-state index contributed by atoms with van der Waals surface area (Å²) in [6.07, 6.45) is 0. The highest BCUT2D eigenvalue weighted by Crippen LogP contribution is 2.24. The van der Waals surface area contributed by atoms with E-state index >= 15 is 0 Å². The third-order valence-electron chi connectivity index (χ3n) is 2.05. The largest absolute Gasteiger partial charge is 0.462 e. The van der Waals surface area contributed by atoms with Gasteiger partial charge in [-0.3, -0.25) is 0 Å². The van der Waals surface area contributed by atoms with E-state index in [1.54, 1.807) is 13.8 Å². The molecule has 7 nitrogen and oxygen atoms in total. The molecule has 0 aromatic carbocycles. The number of carbonyl (C=O) groups excluding carboxylic acids is 2. The van der Waals surface area contributed by atoms with Crippen LogP contribution in [-0.4, -0.2) is 36.1 Å². The standard InChI is InChI=1S/C10H16N4O3S/c1-3-17-9(15)7-6(2)14-18-8(7)12-4-5-13-10(11)16/h12H,3-5H2,1-2H3,(H3,11,13,16). The number of primary amides is 1. The quantitative estimate of drug-likeness (QED) is 0.522. The second-order valence-electron chi connectivity index (χ2n) is 3.41. The maximum Gasteiger partial charge on any atom is 0.343 e. The van der Waals surface area contributed by atoms with Crippen LogP contribution in [0.4, 0.5) is 9.80 Å². The molecule has 0 aliphatic heterocycles. The van der Waals surface area contributed by atoms with E-state index < -0.39 is 12.0 Å². The van der Waals surface area contributed by atoms with Crippen LogP contribution in [0.3, 0.4) is 0 Å². The number of amides is 2. The average Bonchev–Trinajstić information content (AvgIpc) is 2.66. The van der Waals surface area contributed by atoms with E-state index in [1.165, 1.54) is 11.5 Å². The average molecular weight is 272 g/mol. The molecule has 8 heteroatoms. The summed E-state index contributed by atoms with van der Waals surface area (Å²) >= 11 is 1.18. The molecule has 2 amide bonds. The van der Waals surface area contributed by atoms with Gasteiger partial charge in [0.25, 0.3) is 0 Å². The molecule has 0 unspecified atom stereocenters. The number of urea groups is 1. The van der Waals surface area contributed by atoms with E-state index in [0.717, 1.165) is 0 Å². The van der Waals surface area contributed by atoms with Crippen molar-refractivity contribution in [2.75, 3.05) is 25.0 Å². The van der Waals surface area contributed by atoms with Crippen LogP contribution in [0.25, 0.3) is 0 Å². The third-order valence-corrected chi connectivity index (χ3v) is 2.95. The van der Waals surface area contributed by atoms with Crippen molar-refractivity contribution < 1.29 is 14.3 Å². The fraction of sp³-hybridized carbons (Fsp3) is 0.500. The Morgan fingerprint density at radius 1 is 1.44 bits per heavy atom. The number of nitrogens with two attached hydrogens (primary N) is 1. The molecule has 0 bridgehead atoms. The van der Waals surface area contributed by atoms with Gasteiger partial charge in [0.05, 0.1) is 12.3 Å². The number of hydrogen-bond acceptors (Lipinski definition) is 6. The number of carbonyl (C=O) groups is 2. The van der Waals surface area contributed by atoms with E-state index in [-0.39, 0.29) is 0 Å². The summed E-state index contributed by atoms with van der Waals surface area (Å²) in [5.74, 6) is -0.394. The van der Waals surface area contributed by atoms with Crippen LogP contribution in [0.5, 0.6) is 0 Å². The SMILES string of the molecule is CCOC(=O)c1c(C)nsc1NCCNC(N)=O. The minimum atomic E-state index is -0.581. The first-order valence-corrected chi connectivity index (χ1v) is 6.24. The highest BCUT2D eigenvalue weighted by atomic mass is 32.1. The maximum atomic E-state index is 11.7. The van der Waals surface area contributed by atoms with Gasteiger partial charge in [0.2, 0.25) is 0 Å². The number of aryl methyl sites for hydroxylation is 1. The molecule has 0 fully saturated rings. The zero-order chi connectivity index (χ0) is 13.5. The number of nitrogens with one attached hydrogen (secondary N) is 2. The van der Waals surface area contributed by atoms with Crippen LogP contribution < -0.4 is 16.4 Å². The van der Waals surface area contributed by atoms with Crippen molar-refractivity contribution in [2.45, 2.75) is 13.8 Å². The van der Waals surface area contributed by atoms with Gasteiger partial charge in [0.15, 0.2) is 0 Å². The fourth-order valence-corrected chi connectivity index (χ4v) is 2.10. The molecular formula is C10H16N4O3S. The Bertz CT molecular complexity index is 433. The Balaban J connectivity index is 2.60. The Morgan fingerprint density at radius 3 is 2.78 bits per heavy atom. The van der Waals surface area contributed by atoms with Crippen LogP contribution in [0.2, 0.25) is 0 Å². The maximum absolute atomic E-state index is 11.7. The van der Waals surface area contributed by atoms with Gasteiger partial charge in [0.1, 0.15) is 10.6 Å². The second kappa shape index (κ2) is 6.80. The smallest absolute Gasteiger partial charge is 0.343 e. The number of aromatic nitrogens is 1. The summed E-state index contributed by atoms with van der Waals surface area (Å²) in [6.45, 7) is 4.63. The molecule has 18 heavy (non-hydrogen) atoms. The Morgan fingerprint density at radius 2 is 2.17 bits per heavy atom. The summed E-state index contributed by atoms with van der Waals surface area (Å²) in [5, 5.41) is 6.09. The summed E-state index contributed by atoms with van der Waals surface area (Å²) in [6, 6.07) is -0.581. The monoisotopic (exact) mass is 272 g/mol. The number of hydrogen-bond donors (Lipinski definition) is 3. The summed E-state index contributed by atoms with van der Waals surface area (Å²) in [7, 11) is 0. The molecule has 0 aliphatic rings. The molecule has 0 saturated carbocycles. The van der Waals surface area contributed by atoms with Crippen LogP contribution >= 0.6 is 11.5 Å². The van der Waals surface area contributed by atoms with Crippen molar-refractivity contribution in [2.24, 2.45) is 5.73 Å². The highest BCUT2D eigenvalue weighted by molar-refractivity contribution is 7.10. The molecule has 4 N–H and O–H groups in total. The van der Waals surface area contributed by atoms with Gasteiger partial charge < -0.3 is 21.1 Å². The van der Waals surface area contributed by atoms with Crippen LogP contribution in [0.15, 0.2) is 0 Å². The van der Waals surface area contributed by atoms with E-state index in [0.29, 0.717) is 36.0 Å². The molecule has 0 atom stereocenters. The number of anilines is 1. The molecule has 1 aromatic rings. The molecule has 0 radical (unpaired) electrons. The summed E-state index contributed by atoms with van der Waals surface area (Å²) < 4.78 is 9.05. The second-order valence-corrected chi connectivity index (χ2v) is 4.18. The molecule has 1 rings (SSSR count). The molecule has 0 spiro atoms. The lowest BCUT2D eigenvalue weighted by Gasteiger charge is -2.07. The first kappa shape index (κ1) is 14.2. The first-order valence-electron chi connectivity index (χ1n) is 5.46. The minimum Gasteiger partial charge on any atom is -0.462 e. The number of rotatable bonds is 6. The summed E-state index contributed by atoms with van der Waals surface area (Å²) in [4.78, 5) is 22.2. The van der Waals surface area contributed by atoms with E-state index in [1.807, 2.05) is 0 Å². The van der Waals surface area contributed by atoms with Crippen LogP contribution in [0, 0.1) is 6.92 Å². The molecular weight excluding hydrogens is 256 g/mol. The van der Waals surface area contributed by atoms with Gasteiger partial charge in [-0.2, -0.15) is 4.37 Å². The third kappa shape index (κ3) is 3.88. The van der Waals surface area contributed by atoms with Gasteiger partial charge in [-0.05, 0) is 25.4 Å². The molecule has 0 aliphatic carbocycles. The number of nitrogens with zero attached hydrogens (tertiary/aromatic N) is 1. The van der Waals surface area contributed by atoms with Crippen molar-refractivity contribution in [1.29, 1.82) is 0 Å². The lowest BCUT2D eigenvalue weighted by molar-refractivity contribution is 0.0527. The van der Waals surface area contributed by atoms with Gasteiger partial charge >= 0.3 is 12.0 Å². The van der Waals surface area contributed by atoms with Crippen molar-refractivity contribution in [3.63, 3.8) is 0 Å².